The molecule has 0 aliphatic heterocycles. The second kappa shape index (κ2) is 7.24. The fourth-order valence-corrected chi connectivity index (χ4v) is 3.75. The molecule has 0 amide bonds. The molecule has 1 aromatic carbocycles. The molecule has 1 atom stereocenters. The molecule has 1 unspecified atom stereocenters. The third-order valence-corrected chi connectivity index (χ3v) is 5.30. The van der Waals surface area contributed by atoms with Crippen molar-refractivity contribution in [1.29, 1.82) is 0 Å². The van der Waals surface area contributed by atoms with Gasteiger partial charge in [0.1, 0.15) is 0 Å². The molecule has 23 heavy (non-hydrogen) atoms. The summed E-state index contributed by atoms with van der Waals surface area (Å²) < 4.78 is 0. The van der Waals surface area contributed by atoms with Gasteiger partial charge in [-0.3, -0.25) is 4.90 Å². The Bertz CT molecular complexity index is 522. The molecule has 1 aromatic rings. The minimum absolute atomic E-state index is 0.160. The fourth-order valence-electron chi connectivity index (χ4n) is 3.06. The minimum atomic E-state index is 0.160. The van der Waals surface area contributed by atoms with Crippen molar-refractivity contribution in [3.8, 4) is 0 Å². The Morgan fingerprint density at radius 1 is 0.870 bits per heavy atom. The summed E-state index contributed by atoms with van der Waals surface area (Å²) >= 11 is 0. The minimum Gasteiger partial charge on any atom is -0.294 e. The first-order chi connectivity index (χ1) is 10.2. The molecule has 0 fully saturated rings. The highest BCUT2D eigenvalue weighted by atomic mass is 31.0. The van der Waals surface area contributed by atoms with Gasteiger partial charge in [0.2, 0.25) is 0 Å². The molecule has 0 saturated carbocycles. The zero-order chi connectivity index (χ0) is 18.2. The van der Waals surface area contributed by atoms with Crippen molar-refractivity contribution in [3.05, 3.63) is 28.8 Å². The Morgan fingerprint density at radius 2 is 1.35 bits per heavy atom. The van der Waals surface area contributed by atoms with Crippen LogP contribution in [0, 0.1) is 0 Å². The van der Waals surface area contributed by atoms with Crippen LogP contribution in [0.25, 0.3) is 0 Å². The smallest absolute Gasteiger partial charge is 0.0245 e. The summed E-state index contributed by atoms with van der Waals surface area (Å²) in [4.78, 5) is 2.57. The Kier molecular flexibility index (Phi) is 6.50. The summed E-state index contributed by atoms with van der Waals surface area (Å²) in [6.45, 7) is 24.1. The van der Waals surface area contributed by atoms with Gasteiger partial charge < -0.3 is 0 Å². The number of rotatable bonds is 4. The average molecular weight is 336 g/mol. The van der Waals surface area contributed by atoms with Gasteiger partial charge in [-0.15, -0.1) is 9.24 Å². The maximum Gasteiger partial charge on any atom is 0.0245 e. The summed E-state index contributed by atoms with van der Waals surface area (Å²) in [6, 6.07) is 5.95. The van der Waals surface area contributed by atoms with E-state index in [2.05, 4.69) is 95.5 Å². The fraction of sp³-hybridized carbons (Fsp3) is 0.714. The topological polar surface area (TPSA) is 3.24 Å². The second-order valence-electron chi connectivity index (χ2n) is 9.46. The number of nitrogens with zero attached hydrogens (tertiary/aromatic N) is 1. The number of hydrogen-bond acceptors (Lipinski definition) is 1. The molecule has 0 bridgehead atoms. The molecule has 2 heteroatoms. The molecular formula is C21H38NP. The summed E-state index contributed by atoms with van der Waals surface area (Å²) in [5, 5.41) is 1.39. The van der Waals surface area contributed by atoms with E-state index in [-0.39, 0.29) is 10.8 Å². The van der Waals surface area contributed by atoms with E-state index < -0.39 is 0 Å². The highest BCUT2D eigenvalue weighted by Crippen LogP contribution is 2.31. The first kappa shape index (κ1) is 20.7. The van der Waals surface area contributed by atoms with E-state index in [1.165, 1.54) is 22.0 Å². The van der Waals surface area contributed by atoms with Crippen LogP contribution in [0.5, 0.6) is 0 Å². The van der Waals surface area contributed by atoms with Crippen molar-refractivity contribution in [1.82, 2.24) is 4.90 Å². The molecule has 132 valence electrons. The van der Waals surface area contributed by atoms with Gasteiger partial charge in [-0.05, 0) is 60.5 Å². The van der Waals surface area contributed by atoms with E-state index in [9.17, 15) is 0 Å². The molecule has 0 spiro atoms. The first-order valence-corrected chi connectivity index (χ1v) is 9.52. The lowest BCUT2D eigenvalue weighted by molar-refractivity contribution is 0.166. The summed E-state index contributed by atoms with van der Waals surface area (Å²) in [6.07, 6.45) is 0. The lowest BCUT2D eigenvalue weighted by Crippen LogP contribution is -2.38. The Balaban J connectivity index is 3.46. The maximum absolute atomic E-state index is 3.02. The van der Waals surface area contributed by atoms with Gasteiger partial charge in [-0.2, -0.15) is 0 Å². The van der Waals surface area contributed by atoms with E-state index in [0.29, 0.717) is 12.1 Å². The van der Waals surface area contributed by atoms with Gasteiger partial charge in [0.25, 0.3) is 0 Å². The van der Waals surface area contributed by atoms with Crippen molar-refractivity contribution >= 4 is 14.5 Å². The molecule has 0 aromatic heterocycles. The van der Waals surface area contributed by atoms with E-state index in [0.717, 1.165) is 6.54 Å². The molecule has 0 saturated heterocycles. The normalized spacial score (nSPS) is 13.5. The lowest BCUT2D eigenvalue weighted by Gasteiger charge is -2.34. The quantitative estimate of drug-likeness (QED) is 0.666. The molecule has 0 heterocycles. The largest absolute Gasteiger partial charge is 0.294 e. The van der Waals surface area contributed by atoms with Gasteiger partial charge in [0.05, 0.1) is 0 Å². The van der Waals surface area contributed by atoms with Gasteiger partial charge in [-0.1, -0.05) is 53.7 Å². The van der Waals surface area contributed by atoms with Crippen LogP contribution >= 0.6 is 9.24 Å². The van der Waals surface area contributed by atoms with E-state index >= 15 is 0 Å². The molecule has 0 aliphatic rings. The lowest BCUT2D eigenvalue weighted by atomic mass is 9.79. The van der Waals surface area contributed by atoms with Crippen molar-refractivity contribution in [2.75, 3.05) is 0 Å². The van der Waals surface area contributed by atoms with Crippen molar-refractivity contribution < 1.29 is 0 Å². The molecular weight excluding hydrogens is 297 g/mol. The molecule has 0 N–H and O–H groups in total. The van der Waals surface area contributed by atoms with Gasteiger partial charge >= 0.3 is 0 Å². The second-order valence-corrected chi connectivity index (χ2v) is 10.0. The molecule has 1 rings (SSSR count). The maximum atomic E-state index is 3.02. The van der Waals surface area contributed by atoms with Gasteiger partial charge in [0.15, 0.2) is 0 Å². The van der Waals surface area contributed by atoms with Crippen LogP contribution in [0.1, 0.15) is 85.9 Å². The van der Waals surface area contributed by atoms with Crippen LogP contribution < -0.4 is 5.30 Å². The third kappa shape index (κ3) is 5.30. The highest BCUT2D eigenvalue weighted by Gasteiger charge is 2.24. The third-order valence-electron chi connectivity index (χ3n) is 4.62. The number of hydrogen-bond donors (Lipinski definition) is 0. The van der Waals surface area contributed by atoms with Crippen LogP contribution in [-0.2, 0) is 17.4 Å². The summed E-state index contributed by atoms with van der Waals surface area (Å²) in [5.41, 5.74) is 4.68. The Morgan fingerprint density at radius 3 is 1.70 bits per heavy atom. The predicted molar refractivity (Wildman–Crippen MR) is 109 cm³/mol. The summed E-state index contributed by atoms with van der Waals surface area (Å²) in [7, 11) is 3.02. The van der Waals surface area contributed by atoms with E-state index in [1.54, 1.807) is 0 Å². The van der Waals surface area contributed by atoms with Crippen molar-refractivity contribution in [2.45, 2.75) is 98.7 Å². The SMILES string of the molecule is CC(C)N(Cc1cc(C(C)(C)C)cc(C(C)(C)C)c1P)C(C)C. The van der Waals surface area contributed by atoms with Crippen molar-refractivity contribution in [2.24, 2.45) is 0 Å². The van der Waals surface area contributed by atoms with Crippen LogP contribution in [0.4, 0.5) is 0 Å². The van der Waals surface area contributed by atoms with E-state index in [4.69, 9.17) is 0 Å². The monoisotopic (exact) mass is 335 g/mol. The van der Waals surface area contributed by atoms with Crippen molar-refractivity contribution in [3.63, 3.8) is 0 Å². The first-order valence-electron chi connectivity index (χ1n) is 8.94. The predicted octanol–water partition coefficient (Wildman–Crippen LogP) is 5.40. The standard InChI is InChI=1S/C21H38NP/c1-14(2)22(15(3)4)13-16-11-17(20(5,6)7)12-18(19(16)23)21(8,9)10/h11-12,14-15H,13,23H2,1-10H3. The molecule has 1 nitrogen and oxygen atoms in total. The van der Waals surface area contributed by atoms with E-state index in [1.807, 2.05) is 0 Å². The Hall–Kier alpha value is -0.390. The van der Waals surface area contributed by atoms with Crippen LogP contribution in [0.15, 0.2) is 12.1 Å². The average Bonchev–Trinajstić information content (AvgIpc) is 2.33. The van der Waals surface area contributed by atoms with Gasteiger partial charge in [0, 0.05) is 18.6 Å². The molecule has 0 radical (unpaired) electrons. The zero-order valence-electron chi connectivity index (χ0n) is 17.0. The van der Waals surface area contributed by atoms with Crippen LogP contribution in [-0.4, -0.2) is 17.0 Å². The van der Waals surface area contributed by atoms with Crippen LogP contribution in [0.3, 0.4) is 0 Å². The molecule has 0 aliphatic carbocycles. The Labute approximate surface area is 147 Å². The summed E-state index contributed by atoms with van der Waals surface area (Å²) in [5.74, 6) is 0. The van der Waals surface area contributed by atoms with Gasteiger partial charge in [-0.25, -0.2) is 0 Å². The number of benzene rings is 1. The van der Waals surface area contributed by atoms with Crippen LogP contribution in [0.2, 0.25) is 0 Å². The zero-order valence-corrected chi connectivity index (χ0v) is 18.2. The highest BCUT2D eigenvalue weighted by molar-refractivity contribution is 7.27.